The van der Waals surface area contributed by atoms with Crippen molar-refractivity contribution in [2.75, 3.05) is 39.2 Å². The number of carbonyl (C=O) groups is 1. The minimum Gasteiger partial charge on any atom is -0.382 e. The first-order valence-corrected chi connectivity index (χ1v) is 6.24. The maximum absolute atomic E-state index is 11.7. The monoisotopic (exact) mass is 266 g/mol. The van der Waals surface area contributed by atoms with E-state index < -0.39 is 0 Å². The Kier molecular flexibility index (Phi) is 7.10. The molecule has 0 aliphatic heterocycles. The second-order valence-electron chi connectivity index (χ2n) is 4.36. The van der Waals surface area contributed by atoms with Crippen molar-refractivity contribution in [3.63, 3.8) is 0 Å². The third-order valence-electron chi connectivity index (χ3n) is 2.65. The largest absolute Gasteiger partial charge is 0.382 e. The van der Waals surface area contributed by atoms with Crippen LogP contribution in [0.5, 0.6) is 0 Å². The van der Waals surface area contributed by atoms with Gasteiger partial charge in [0.15, 0.2) is 0 Å². The molecule has 0 bridgehead atoms. The number of hydrogen-bond acceptors (Lipinski definition) is 4. The van der Waals surface area contributed by atoms with E-state index in [1.165, 1.54) is 0 Å². The SMILES string of the molecule is COCC(CNCC(=O)Nc1cccc(C)c1)OC. The molecule has 1 atom stereocenters. The maximum atomic E-state index is 11.7. The second kappa shape index (κ2) is 8.63. The maximum Gasteiger partial charge on any atom is 0.238 e. The van der Waals surface area contributed by atoms with Gasteiger partial charge < -0.3 is 20.1 Å². The molecule has 5 heteroatoms. The summed E-state index contributed by atoms with van der Waals surface area (Å²) < 4.78 is 10.2. The molecule has 5 nitrogen and oxygen atoms in total. The lowest BCUT2D eigenvalue weighted by atomic mass is 10.2. The van der Waals surface area contributed by atoms with Gasteiger partial charge in [0, 0.05) is 26.5 Å². The molecule has 0 aliphatic carbocycles. The molecule has 106 valence electrons. The van der Waals surface area contributed by atoms with Crippen molar-refractivity contribution >= 4 is 11.6 Å². The number of carbonyl (C=O) groups excluding carboxylic acids is 1. The first kappa shape index (κ1) is 15.6. The molecule has 0 fully saturated rings. The van der Waals surface area contributed by atoms with Gasteiger partial charge in [-0.1, -0.05) is 12.1 Å². The Bertz CT molecular complexity index is 396. The van der Waals surface area contributed by atoms with Crippen LogP contribution in [0, 0.1) is 6.92 Å². The van der Waals surface area contributed by atoms with Crippen molar-refractivity contribution < 1.29 is 14.3 Å². The summed E-state index contributed by atoms with van der Waals surface area (Å²) >= 11 is 0. The van der Waals surface area contributed by atoms with E-state index in [9.17, 15) is 4.79 Å². The van der Waals surface area contributed by atoms with Gasteiger partial charge in [0.2, 0.25) is 5.91 Å². The predicted molar refractivity (Wildman–Crippen MR) is 75.4 cm³/mol. The number of rotatable bonds is 8. The molecular weight excluding hydrogens is 244 g/mol. The van der Waals surface area contributed by atoms with Crippen LogP contribution in [-0.4, -0.2) is 45.9 Å². The number of amides is 1. The molecule has 0 aliphatic rings. The van der Waals surface area contributed by atoms with Crippen molar-refractivity contribution in [3.8, 4) is 0 Å². The summed E-state index contributed by atoms with van der Waals surface area (Å²) in [6.07, 6.45) is -0.0447. The number of anilines is 1. The fourth-order valence-corrected chi connectivity index (χ4v) is 1.67. The number of hydrogen-bond donors (Lipinski definition) is 2. The van der Waals surface area contributed by atoms with Gasteiger partial charge in [-0.2, -0.15) is 0 Å². The molecular formula is C14H22N2O3. The molecule has 19 heavy (non-hydrogen) atoms. The Balaban J connectivity index is 2.28. The molecule has 2 N–H and O–H groups in total. The van der Waals surface area contributed by atoms with E-state index >= 15 is 0 Å². The summed E-state index contributed by atoms with van der Waals surface area (Å²) in [6.45, 7) is 3.31. The quantitative estimate of drug-likeness (QED) is 0.742. The minimum absolute atomic E-state index is 0.0447. The standard InChI is InChI=1S/C14H22N2O3/c1-11-5-4-6-12(7-11)16-14(17)9-15-8-13(19-3)10-18-2/h4-7,13,15H,8-10H2,1-3H3,(H,16,17). The molecule has 1 amide bonds. The first-order chi connectivity index (χ1) is 9.15. The second-order valence-corrected chi connectivity index (χ2v) is 4.36. The van der Waals surface area contributed by atoms with Crippen molar-refractivity contribution in [1.82, 2.24) is 5.32 Å². The van der Waals surface area contributed by atoms with Crippen LogP contribution in [0.25, 0.3) is 0 Å². The number of nitrogens with one attached hydrogen (secondary N) is 2. The highest BCUT2D eigenvalue weighted by Crippen LogP contribution is 2.08. The van der Waals surface area contributed by atoms with Crippen molar-refractivity contribution in [1.29, 1.82) is 0 Å². The average molecular weight is 266 g/mol. The van der Waals surface area contributed by atoms with Gasteiger partial charge in [0.25, 0.3) is 0 Å². The van der Waals surface area contributed by atoms with Crippen molar-refractivity contribution in [2.45, 2.75) is 13.0 Å². The highest BCUT2D eigenvalue weighted by atomic mass is 16.5. The van der Waals surface area contributed by atoms with Crippen LogP contribution in [0.3, 0.4) is 0 Å². The summed E-state index contributed by atoms with van der Waals surface area (Å²) in [5.41, 5.74) is 1.93. The predicted octanol–water partition coefficient (Wildman–Crippen LogP) is 1.18. The topological polar surface area (TPSA) is 59.6 Å². The smallest absolute Gasteiger partial charge is 0.238 e. The van der Waals surface area contributed by atoms with Gasteiger partial charge in [0.1, 0.15) is 0 Å². The Hall–Kier alpha value is -1.43. The zero-order valence-corrected chi connectivity index (χ0v) is 11.7. The average Bonchev–Trinajstić information content (AvgIpc) is 2.37. The van der Waals surface area contributed by atoms with Crippen LogP contribution >= 0.6 is 0 Å². The van der Waals surface area contributed by atoms with Gasteiger partial charge >= 0.3 is 0 Å². The van der Waals surface area contributed by atoms with Crippen LogP contribution in [-0.2, 0) is 14.3 Å². The summed E-state index contributed by atoms with van der Waals surface area (Å²) in [5, 5.41) is 5.87. The van der Waals surface area contributed by atoms with Crippen LogP contribution in [0.1, 0.15) is 5.56 Å². The minimum atomic E-state index is -0.0714. The molecule has 0 saturated carbocycles. The first-order valence-electron chi connectivity index (χ1n) is 6.24. The molecule has 1 rings (SSSR count). The zero-order valence-electron chi connectivity index (χ0n) is 11.7. The van der Waals surface area contributed by atoms with Gasteiger partial charge in [-0.05, 0) is 24.6 Å². The number of ether oxygens (including phenoxy) is 2. The molecule has 0 aromatic heterocycles. The summed E-state index contributed by atoms with van der Waals surface area (Å²) in [7, 11) is 3.24. The molecule has 1 aromatic carbocycles. The van der Waals surface area contributed by atoms with Crippen LogP contribution < -0.4 is 10.6 Å². The third-order valence-corrected chi connectivity index (χ3v) is 2.65. The molecule has 0 spiro atoms. The molecule has 1 aromatic rings. The molecule has 1 unspecified atom stereocenters. The number of aryl methyl sites for hydroxylation is 1. The fraction of sp³-hybridized carbons (Fsp3) is 0.500. The van der Waals surface area contributed by atoms with Crippen LogP contribution in [0.15, 0.2) is 24.3 Å². The summed E-state index contributed by atoms with van der Waals surface area (Å²) in [6, 6.07) is 7.70. The van der Waals surface area contributed by atoms with E-state index in [1.54, 1.807) is 14.2 Å². The fourth-order valence-electron chi connectivity index (χ4n) is 1.67. The number of methoxy groups -OCH3 is 2. The summed E-state index contributed by atoms with van der Waals surface area (Å²) in [5.74, 6) is -0.0714. The normalized spacial score (nSPS) is 12.2. The highest BCUT2D eigenvalue weighted by Gasteiger charge is 2.07. The Morgan fingerprint density at radius 3 is 2.79 bits per heavy atom. The number of benzene rings is 1. The Labute approximate surface area is 114 Å². The summed E-state index contributed by atoms with van der Waals surface area (Å²) in [4.78, 5) is 11.7. The third kappa shape index (κ3) is 6.33. The van der Waals surface area contributed by atoms with E-state index in [0.29, 0.717) is 13.2 Å². The van der Waals surface area contributed by atoms with Gasteiger partial charge in [0.05, 0.1) is 19.3 Å². The van der Waals surface area contributed by atoms with Crippen molar-refractivity contribution in [3.05, 3.63) is 29.8 Å². The van der Waals surface area contributed by atoms with Gasteiger partial charge in [-0.15, -0.1) is 0 Å². The highest BCUT2D eigenvalue weighted by molar-refractivity contribution is 5.92. The Morgan fingerprint density at radius 2 is 2.16 bits per heavy atom. The van der Waals surface area contributed by atoms with E-state index in [4.69, 9.17) is 9.47 Å². The van der Waals surface area contributed by atoms with E-state index in [2.05, 4.69) is 10.6 Å². The van der Waals surface area contributed by atoms with Gasteiger partial charge in [-0.25, -0.2) is 0 Å². The molecule has 0 heterocycles. The van der Waals surface area contributed by atoms with Crippen LogP contribution in [0.4, 0.5) is 5.69 Å². The molecule has 0 radical (unpaired) electrons. The van der Waals surface area contributed by atoms with E-state index in [0.717, 1.165) is 11.3 Å². The lowest BCUT2D eigenvalue weighted by Crippen LogP contribution is -2.36. The van der Waals surface area contributed by atoms with Gasteiger partial charge in [-0.3, -0.25) is 4.79 Å². The van der Waals surface area contributed by atoms with E-state index in [-0.39, 0.29) is 18.6 Å². The zero-order chi connectivity index (χ0) is 14.1. The Morgan fingerprint density at radius 1 is 1.37 bits per heavy atom. The van der Waals surface area contributed by atoms with E-state index in [1.807, 2.05) is 31.2 Å². The molecule has 0 saturated heterocycles. The lowest BCUT2D eigenvalue weighted by Gasteiger charge is -2.14. The lowest BCUT2D eigenvalue weighted by molar-refractivity contribution is -0.115. The van der Waals surface area contributed by atoms with Crippen molar-refractivity contribution in [2.24, 2.45) is 0 Å². The van der Waals surface area contributed by atoms with Crippen LogP contribution in [0.2, 0.25) is 0 Å².